The zero-order valence-electron chi connectivity index (χ0n) is 11.0. The largest absolute Gasteiger partial charge is 0.298 e. The SMILES string of the molecule is Cc1cccc(CCC(=O)C(Cl)c2ccccc2)c1. The molecule has 0 saturated heterocycles. The van der Waals surface area contributed by atoms with Crippen molar-refractivity contribution in [2.45, 2.75) is 25.1 Å². The maximum atomic E-state index is 12.1. The summed E-state index contributed by atoms with van der Waals surface area (Å²) in [6.07, 6.45) is 1.23. The molecule has 0 heterocycles. The number of ketones is 1. The van der Waals surface area contributed by atoms with Crippen molar-refractivity contribution >= 4 is 17.4 Å². The Bertz CT molecular complexity index is 548. The van der Waals surface area contributed by atoms with Crippen LogP contribution in [0.4, 0.5) is 0 Å². The van der Waals surface area contributed by atoms with Crippen LogP contribution in [0.1, 0.15) is 28.5 Å². The molecule has 2 rings (SSSR count). The fraction of sp³-hybridized carbons (Fsp3) is 0.235. The maximum absolute atomic E-state index is 12.1. The van der Waals surface area contributed by atoms with Gasteiger partial charge in [-0.05, 0) is 24.5 Å². The van der Waals surface area contributed by atoms with Gasteiger partial charge in [0.2, 0.25) is 0 Å². The normalized spacial score (nSPS) is 12.1. The van der Waals surface area contributed by atoms with Gasteiger partial charge in [0, 0.05) is 6.42 Å². The molecule has 0 fully saturated rings. The van der Waals surface area contributed by atoms with E-state index < -0.39 is 5.38 Å². The molecule has 98 valence electrons. The highest BCUT2D eigenvalue weighted by Crippen LogP contribution is 2.23. The molecule has 0 radical (unpaired) electrons. The van der Waals surface area contributed by atoms with Crippen molar-refractivity contribution < 1.29 is 4.79 Å². The minimum atomic E-state index is -0.536. The summed E-state index contributed by atoms with van der Waals surface area (Å²) in [5, 5.41) is -0.536. The molecule has 0 spiro atoms. The first-order valence-electron chi connectivity index (χ1n) is 6.44. The molecule has 0 saturated carbocycles. The van der Waals surface area contributed by atoms with E-state index in [0.717, 1.165) is 12.0 Å². The van der Waals surface area contributed by atoms with Gasteiger partial charge < -0.3 is 0 Å². The monoisotopic (exact) mass is 272 g/mol. The Morgan fingerprint density at radius 1 is 1.11 bits per heavy atom. The fourth-order valence-electron chi connectivity index (χ4n) is 2.07. The number of alkyl halides is 1. The van der Waals surface area contributed by atoms with Crippen LogP contribution in [-0.2, 0) is 11.2 Å². The Labute approximate surface area is 119 Å². The van der Waals surface area contributed by atoms with E-state index in [2.05, 4.69) is 19.1 Å². The number of rotatable bonds is 5. The van der Waals surface area contributed by atoms with Crippen LogP contribution in [0.3, 0.4) is 0 Å². The summed E-state index contributed by atoms with van der Waals surface area (Å²) in [4.78, 5) is 12.1. The molecule has 2 heteroatoms. The number of carbonyl (C=O) groups is 1. The predicted molar refractivity (Wildman–Crippen MR) is 79.5 cm³/mol. The summed E-state index contributed by atoms with van der Waals surface area (Å²) in [5.41, 5.74) is 3.28. The summed E-state index contributed by atoms with van der Waals surface area (Å²) < 4.78 is 0. The second kappa shape index (κ2) is 6.53. The van der Waals surface area contributed by atoms with Gasteiger partial charge in [0.05, 0.1) is 0 Å². The Hall–Kier alpha value is -1.60. The molecule has 0 aromatic heterocycles. The highest BCUT2D eigenvalue weighted by atomic mass is 35.5. The van der Waals surface area contributed by atoms with Gasteiger partial charge in [0.1, 0.15) is 5.38 Å². The smallest absolute Gasteiger partial charge is 0.155 e. The lowest BCUT2D eigenvalue weighted by molar-refractivity contribution is -0.118. The maximum Gasteiger partial charge on any atom is 0.155 e. The number of hydrogen-bond donors (Lipinski definition) is 0. The van der Waals surface area contributed by atoms with Crippen molar-refractivity contribution in [3.05, 3.63) is 71.3 Å². The van der Waals surface area contributed by atoms with E-state index in [9.17, 15) is 4.79 Å². The Morgan fingerprint density at radius 3 is 2.53 bits per heavy atom. The van der Waals surface area contributed by atoms with Gasteiger partial charge >= 0.3 is 0 Å². The minimum absolute atomic E-state index is 0.0781. The number of benzene rings is 2. The lowest BCUT2D eigenvalue weighted by Crippen LogP contribution is -2.08. The van der Waals surface area contributed by atoms with Crippen molar-refractivity contribution in [1.29, 1.82) is 0 Å². The molecule has 1 nitrogen and oxygen atoms in total. The number of Topliss-reactive ketones (excluding diaryl/α,β-unsaturated/α-hetero) is 1. The first kappa shape index (κ1) is 13.8. The van der Waals surface area contributed by atoms with E-state index in [1.807, 2.05) is 42.5 Å². The summed E-state index contributed by atoms with van der Waals surface area (Å²) in [7, 11) is 0. The molecule has 0 aliphatic rings. The van der Waals surface area contributed by atoms with Crippen LogP contribution < -0.4 is 0 Å². The van der Waals surface area contributed by atoms with Gasteiger partial charge in [-0.3, -0.25) is 4.79 Å². The van der Waals surface area contributed by atoms with Gasteiger partial charge in [0.15, 0.2) is 5.78 Å². The summed E-state index contributed by atoms with van der Waals surface area (Å²) in [5.74, 6) is 0.0781. The second-order valence-corrected chi connectivity index (χ2v) is 5.17. The molecule has 0 amide bonds. The minimum Gasteiger partial charge on any atom is -0.298 e. The van der Waals surface area contributed by atoms with Gasteiger partial charge in [0.25, 0.3) is 0 Å². The average molecular weight is 273 g/mol. The van der Waals surface area contributed by atoms with Gasteiger partial charge in [-0.2, -0.15) is 0 Å². The van der Waals surface area contributed by atoms with E-state index >= 15 is 0 Å². The molecular weight excluding hydrogens is 256 g/mol. The van der Waals surface area contributed by atoms with Crippen molar-refractivity contribution in [3.8, 4) is 0 Å². The lowest BCUT2D eigenvalue weighted by atomic mass is 10.0. The Balaban J connectivity index is 1.95. The molecule has 0 bridgehead atoms. The van der Waals surface area contributed by atoms with Crippen molar-refractivity contribution in [2.24, 2.45) is 0 Å². The van der Waals surface area contributed by atoms with Crippen LogP contribution in [0, 0.1) is 6.92 Å². The third kappa shape index (κ3) is 3.93. The van der Waals surface area contributed by atoms with Gasteiger partial charge in [-0.15, -0.1) is 11.6 Å². The quantitative estimate of drug-likeness (QED) is 0.734. The van der Waals surface area contributed by atoms with Crippen LogP contribution in [0.5, 0.6) is 0 Å². The molecule has 2 aromatic carbocycles. The zero-order valence-corrected chi connectivity index (χ0v) is 11.7. The van der Waals surface area contributed by atoms with Crippen LogP contribution in [0.15, 0.2) is 54.6 Å². The summed E-state index contributed by atoms with van der Waals surface area (Å²) >= 11 is 6.20. The topological polar surface area (TPSA) is 17.1 Å². The lowest BCUT2D eigenvalue weighted by Gasteiger charge is -2.09. The van der Waals surface area contributed by atoms with Crippen LogP contribution in [-0.4, -0.2) is 5.78 Å². The molecule has 0 aliphatic heterocycles. The molecule has 2 aromatic rings. The highest BCUT2D eigenvalue weighted by molar-refractivity contribution is 6.31. The van der Waals surface area contributed by atoms with E-state index in [0.29, 0.717) is 6.42 Å². The van der Waals surface area contributed by atoms with Crippen LogP contribution >= 0.6 is 11.6 Å². The van der Waals surface area contributed by atoms with E-state index in [4.69, 9.17) is 11.6 Å². The molecule has 1 atom stereocenters. The van der Waals surface area contributed by atoms with Crippen LogP contribution in [0.2, 0.25) is 0 Å². The first-order valence-corrected chi connectivity index (χ1v) is 6.88. The van der Waals surface area contributed by atoms with Crippen molar-refractivity contribution in [1.82, 2.24) is 0 Å². The standard InChI is InChI=1S/C17H17ClO/c1-13-6-5-7-14(12-13)10-11-16(19)17(18)15-8-3-2-4-9-15/h2-9,12,17H,10-11H2,1H3. The fourth-order valence-corrected chi connectivity index (χ4v) is 2.32. The second-order valence-electron chi connectivity index (χ2n) is 4.73. The third-order valence-corrected chi connectivity index (χ3v) is 3.61. The van der Waals surface area contributed by atoms with E-state index in [-0.39, 0.29) is 5.78 Å². The van der Waals surface area contributed by atoms with Gasteiger partial charge in [-0.1, -0.05) is 60.2 Å². The third-order valence-electron chi connectivity index (χ3n) is 3.12. The Kier molecular flexibility index (Phi) is 4.75. The number of aryl methyl sites for hydroxylation is 2. The van der Waals surface area contributed by atoms with Crippen LogP contribution in [0.25, 0.3) is 0 Å². The first-order chi connectivity index (χ1) is 9.16. The average Bonchev–Trinajstić information content (AvgIpc) is 2.45. The Morgan fingerprint density at radius 2 is 1.84 bits per heavy atom. The molecule has 0 N–H and O–H groups in total. The van der Waals surface area contributed by atoms with Gasteiger partial charge in [-0.25, -0.2) is 0 Å². The number of hydrogen-bond acceptors (Lipinski definition) is 1. The van der Waals surface area contributed by atoms with E-state index in [1.54, 1.807) is 0 Å². The summed E-state index contributed by atoms with van der Waals surface area (Å²) in [6.45, 7) is 2.06. The molecule has 1 unspecified atom stereocenters. The molecule has 19 heavy (non-hydrogen) atoms. The van der Waals surface area contributed by atoms with Crippen molar-refractivity contribution in [3.63, 3.8) is 0 Å². The summed E-state index contributed by atoms with van der Waals surface area (Å²) in [6, 6.07) is 17.7. The predicted octanol–water partition coefficient (Wildman–Crippen LogP) is 4.48. The molecular formula is C17H17ClO. The van der Waals surface area contributed by atoms with Crippen molar-refractivity contribution in [2.75, 3.05) is 0 Å². The number of carbonyl (C=O) groups excluding carboxylic acids is 1. The number of halogens is 1. The molecule has 0 aliphatic carbocycles. The highest BCUT2D eigenvalue weighted by Gasteiger charge is 2.16. The van der Waals surface area contributed by atoms with E-state index in [1.165, 1.54) is 11.1 Å². The zero-order chi connectivity index (χ0) is 13.7.